The van der Waals surface area contributed by atoms with Crippen molar-refractivity contribution in [3.8, 4) is 0 Å². The van der Waals surface area contributed by atoms with Gasteiger partial charge in [-0.05, 0) is 30.0 Å². The van der Waals surface area contributed by atoms with Gasteiger partial charge in [0.05, 0.1) is 0 Å². The fraction of sp³-hybridized carbons (Fsp3) is 0.533. The fourth-order valence-corrected chi connectivity index (χ4v) is 2.71. The first-order valence-corrected chi connectivity index (χ1v) is 6.89. The Morgan fingerprint density at radius 3 is 2.95 bits per heavy atom. The molecule has 1 aliphatic rings. The molecule has 1 aromatic rings. The van der Waals surface area contributed by atoms with Crippen LogP contribution in [-0.2, 0) is 17.9 Å². The van der Waals surface area contributed by atoms with Gasteiger partial charge < -0.3 is 10.6 Å². The highest BCUT2D eigenvalue weighted by Gasteiger charge is 2.28. The van der Waals surface area contributed by atoms with Crippen molar-refractivity contribution in [2.45, 2.75) is 39.3 Å². The lowest BCUT2D eigenvalue weighted by atomic mass is 10.0. The summed E-state index contributed by atoms with van der Waals surface area (Å²) < 4.78 is 13.4. The number of nitrogens with two attached hydrogens (primary N) is 1. The lowest BCUT2D eigenvalue weighted by Crippen LogP contribution is -2.24. The Labute approximate surface area is 113 Å². The number of benzene rings is 1. The molecule has 2 N–H and O–H groups in total. The van der Waals surface area contributed by atoms with Crippen molar-refractivity contribution < 1.29 is 9.18 Å². The number of hydrogen-bond acceptors (Lipinski definition) is 2. The Morgan fingerprint density at radius 1 is 1.47 bits per heavy atom. The van der Waals surface area contributed by atoms with Crippen LogP contribution in [0.5, 0.6) is 0 Å². The molecule has 3 nitrogen and oxygen atoms in total. The second kappa shape index (κ2) is 6.15. The van der Waals surface area contributed by atoms with Crippen LogP contribution in [0.1, 0.15) is 37.3 Å². The van der Waals surface area contributed by atoms with Crippen LogP contribution in [0.3, 0.4) is 0 Å². The van der Waals surface area contributed by atoms with Gasteiger partial charge in [-0.15, -0.1) is 0 Å². The monoisotopic (exact) mass is 264 g/mol. The summed E-state index contributed by atoms with van der Waals surface area (Å²) in [5.74, 6) is 0.409. The smallest absolute Gasteiger partial charge is 0.223 e. The molecule has 1 saturated heterocycles. The Kier molecular flexibility index (Phi) is 4.53. The minimum absolute atomic E-state index is 0.187. The minimum atomic E-state index is -0.275. The van der Waals surface area contributed by atoms with E-state index < -0.39 is 0 Å². The largest absolute Gasteiger partial charge is 0.338 e. The van der Waals surface area contributed by atoms with Crippen LogP contribution in [0.25, 0.3) is 0 Å². The molecule has 0 saturated carbocycles. The second-order valence-corrected chi connectivity index (χ2v) is 5.26. The van der Waals surface area contributed by atoms with Gasteiger partial charge in [0.25, 0.3) is 0 Å². The molecule has 1 unspecified atom stereocenters. The van der Waals surface area contributed by atoms with Crippen LogP contribution in [0, 0.1) is 11.7 Å². The standard InChI is InChI=1S/C15H21FN2O/c1-2-3-11-7-15(19)18(9-11)10-12-4-5-14(16)13(6-12)8-17/h4-6,11H,2-3,7-10,17H2,1H3. The molecule has 0 bridgehead atoms. The number of hydrogen-bond donors (Lipinski definition) is 1. The minimum Gasteiger partial charge on any atom is -0.338 e. The van der Waals surface area contributed by atoms with Gasteiger partial charge in [-0.25, -0.2) is 4.39 Å². The number of carbonyl (C=O) groups is 1. The Hall–Kier alpha value is -1.42. The first-order chi connectivity index (χ1) is 9.13. The van der Waals surface area contributed by atoms with Gasteiger partial charge in [0.2, 0.25) is 5.91 Å². The van der Waals surface area contributed by atoms with Gasteiger partial charge in [0.1, 0.15) is 5.82 Å². The van der Waals surface area contributed by atoms with E-state index in [1.165, 1.54) is 6.07 Å². The molecule has 0 aromatic heterocycles. The number of halogens is 1. The number of rotatable bonds is 5. The predicted molar refractivity (Wildman–Crippen MR) is 72.7 cm³/mol. The molecule has 1 atom stereocenters. The summed E-state index contributed by atoms with van der Waals surface area (Å²) in [6.07, 6.45) is 2.86. The summed E-state index contributed by atoms with van der Waals surface area (Å²) in [7, 11) is 0. The highest BCUT2D eigenvalue weighted by atomic mass is 19.1. The van der Waals surface area contributed by atoms with Crippen LogP contribution in [0.4, 0.5) is 4.39 Å². The van der Waals surface area contributed by atoms with E-state index >= 15 is 0 Å². The second-order valence-electron chi connectivity index (χ2n) is 5.26. The molecule has 104 valence electrons. The zero-order valence-corrected chi connectivity index (χ0v) is 11.4. The van der Waals surface area contributed by atoms with Gasteiger partial charge in [-0.3, -0.25) is 4.79 Å². The van der Waals surface area contributed by atoms with Crippen LogP contribution in [-0.4, -0.2) is 17.4 Å². The van der Waals surface area contributed by atoms with Crippen molar-refractivity contribution in [2.75, 3.05) is 6.54 Å². The maximum absolute atomic E-state index is 13.4. The number of likely N-dealkylation sites (tertiary alicyclic amines) is 1. The molecule has 0 aliphatic carbocycles. The Bertz CT molecular complexity index is 461. The quantitative estimate of drug-likeness (QED) is 0.888. The van der Waals surface area contributed by atoms with Crippen molar-refractivity contribution >= 4 is 5.91 Å². The third-order valence-corrected chi connectivity index (χ3v) is 3.69. The first-order valence-electron chi connectivity index (χ1n) is 6.89. The van der Waals surface area contributed by atoms with Crippen molar-refractivity contribution in [1.82, 2.24) is 4.90 Å². The van der Waals surface area contributed by atoms with Crippen molar-refractivity contribution in [3.63, 3.8) is 0 Å². The van der Waals surface area contributed by atoms with Crippen LogP contribution < -0.4 is 5.73 Å². The van der Waals surface area contributed by atoms with Crippen LogP contribution in [0.2, 0.25) is 0 Å². The maximum atomic E-state index is 13.4. The van der Waals surface area contributed by atoms with E-state index in [4.69, 9.17) is 5.73 Å². The first kappa shape index (κ1) is 14.0. The van der Waals surface area contributed by atoms with Crippen molar-refractivity contribution in [1.29, 1.82) is 0 Å². The van der Waals surface area contributed by atoms with Gasteiger partial charge in [-0.1, -0.05) is 19.4 Å². The molecule has 0 radical (unpaired) electrons. The molecule has 1 fully saturated rings. The SMILES string of the molecule is CCCC1CC(=O)N(Cc2ccc(F)c(CN)c2)C1. The van der Waals surface area contributed by atoms with E-state index in [1.54, 1.807) is 12.1 Å². The summed E-state index contributed by atoms with van der Waals surface area (Å²) in [5, 5.41) is 0. The van der Waals surface area contributed by atoms with Gasteiger partial charge >= 0.3 is 0 Å². The highest BCUT2D eigenvalue weighted by Crippen LogP contribution is 2.24. The summed E-state index contributed by atoms with van der Waals surface area (Å²) in [4.78, 5) is 13.8. The van der Waals surface area contributed by atoms with Crippen LogP contribution >= 0.6 is 0 Å². The molecular weight excluding hydrogens is 243 g/mol. The summed E-state index contributed by atoms with van der Waals surface area (Å²) in [5.41, 5.74) is 6.96. The topological polar surface area (TPSA) is 46.3 Å². The molecule has 1 amide bonds. The van der Waals surface area contributed by atoms with E-state index in [-0.39, 0.29) is 18.3 Å². The lowest BCUT2D eigenvalue weighted by molar-refractivity contribution is -0.128. The molecule has 19 heavy (non-hydrogen) atoms. The van der Waals surface area contributed by atoms with E-state index in [0.29, 0.717) is 24.4 Å². The molecule has 4 heteroatoms. The molecule has 1 heterocycles. The van der Waals surface area contributed by atoms with Crippen LogP contribution in [0.15, 0.2) is 18.2 Å². The Morgan fingerprint density at radius 2 is 2.26 bits per heavy atom. The molecule has 2 rings (SSSR count). The van der Waals surface area contributed by atoms with E-state index in [9.17, 15) is 9.18 Å². The van der Waals surface area contributed by atoms with E-state index in [0.717, 1.165) is 24.9 Å². The summed E-state index contributed by atoms with van der Waals surface area (Å²) in [6.45, 7) is 3.71. The zero-order valence-electron chi connectivity index (χ0n) is 11.4. The molecule has 1 aromatic carbocycles. The van der Waals surface area contributed by atoms with Gasteiger partial charge in [0, 0.05) is 31.6 Å². The lowest BCUT2D eigenvalue weighted by Gasteiger charge is -2.17. The van der Waals surface area contributed by atoms with E-state index in [1.807, 2.05) is 4.90 Å². The molecular formula is C15H21FN2O. The van der Waals surface area contributed by atoms with E-state index in [2.05, 4.69) is 6.92 Å². The summed E-state index contributed by atoms with van der Waals surface area (Å²) >= 11 is 0. The third-order valence-electron chi connectivity index (χ3n) is 3.69. The zero-order chi connectivity index (χ0) is 13.8. The highest BCUT2D eigenvalue weighted by molar-refractivity contribution is 5.78. The van der Waals surface area contributed by atoms with Gasteiger partial charge in [0.15, 0.2) is 0 Å². The fourth-order valence-electron chi connectivity index (χ4n) is 2.71. The summed E-state index contributed by atoms with van der Waals surface area (Å²) in [6, 6.07) is 4.92. The average molecular weight is 264 g/mol. The van der Waals surface area contributed by atoms with Crippen molar-refractivity contribution in [3.05, 3.63) is 35.1 Å². The predicted octanol–water partition coefficient (Wildman–Crippen LogP) is 2.43. The molecule has 0 spiro atoms. The normalized spacial score (nSPS) is 19.2. The number of amides is 1. The average Bonchev–Trinajstić information content (AvgIpc) is 2.72. The van der Waals surface area contributed by atoms with Gasteiger partial charge in [-0.2, -0.15) is 0 Å². The molecule has 1 aliphatic heterocycles. The Balaban J connectivity index is 2.03. The van der Waals surface area contributed by atoms with Crippen molar-refractivity contribution in [2.24, 2.45) is 11.7 Å². The maximum Gasteiger partial charge on any atom is 0.223 e. The number of carbonyl (C=O) groups excluding carboxylic acids is 1. The number of nitrogens with zero attached hydrogens (tertiary/aromatic N) is 1. The third kappa shape index (κ3) is 3.32.